The molecule has 1 aliphatic carbocycles. The molecule has 1 heterocycles. The highest BCUT2D eigenvalue weighted by atomic mass is 16.5. The van der Waals surface area contributed by atoms with Crippen LogP contribution in [0.4, 0.5) is 0 Å². The minimum atomic E-state index is -0.619. The van der Waals surface area contributed by atoms with E-state index in [1.54, 1.807) is 31.5 Å². The average Bonchev–Trinajstić information content (AvgIpc) is 2.55. The number of methoxy groups -OCH3 is 1. The van der Waals surface area contributed by atoms with Crippen molar-refractivity contribution in [2.75, 3.05) is 27.7 Å². The van der Waals surface area contributed by atoms with Crippen molar-refractivity contribution in [3.05, 3.63) is 30.1 Å². The first kappa shape index (κ1) is 17.8. The van der Waals surface area contributed by atoms with Crippen molar-refractivity contribution in [2.45, 2.75) is 44.1 Å². The summed E-state index contributed by atoms with van der Waals surface area (Å²) in [4.78, 5) is 20.2. The van der Waals surface area contributed by atoms with E-state index in [-0.39, 0.29) is 18.1 Å². The summed E-state index contributed by atoms with van der Waals surface area (Å²) in [6.45, 7) is 0.980. The van der Waals surface area contributed by atoms with Crippen LogP contribution in [0.2, 0.25) is 0 Å². The van der Waals surface area contributed by atoms with E-state index in [2.05, 4.69) is 4.98 Å². The van der Waals surface area contributed by atoms with Crippen molar-refractivity contribution >= 4 is 5.91 Å². The number of hydrogen-bond donors (Lipinski definition) is 1. The van der Waals surface area contributed by atoms with Gasteiger partial charge in [-0.2, -0.15) is 0 Å². The number of aliphatic hydroxyl groups is 1. The predicted octanol–water partition coefficient (Wildman–Crippen LogP) is 0.900. The first-order chi connectivity index (χ1) is 11.0. The smallest absolute Gasteiger partial charge is 0.236 e. The Balaban J connectivity index is 1.89. The normalized spacial score (nSPS) is 24.7. The summed E-state index contributed by atoms with van der Waals surface area (Å²) in [5, 5.41) is 10.4. The number of aliphatic hydroxyl groups excluding tert-OH is 1. The van der Waals surface area contributed by atoms with E-state index in [0.29, 0.717) is 13.1 Å². The van der Waals surface area contributed by atoms with Gasteiger partial charge in [0.05, 0.1) is 18.7 Å². The van der Waals surface area contributed by atoms with Gasteiger partial charge in [0.1, 0.15) is 6.10 Å². The van der Waals surface area contributed by atoms with E-state index >= 15 is 0 Å². The highest BCUT2D eigenvalue weighted by Gasteiger charge is 2.36. The van der Waals surface area contributed by atoms with E-state index in [1.807, 2.05) is 24.1 Å². The van der Waals surface area contributed by atoms with Crippen LogP contribution in [-0.2, 0) is 16.1 Å². The molecule has 0 spiro atoms. The minimum Gasteiger partial charge on any atom is -0.388 e. The van der Waals surface area contributed by atoms with Gasteiger partial charge in [0.15, 0.2) is 0 Å². The van der Waals surface area contributed by atoms with Crippen LogP contribution in [0, 0.1) is 0 Å². The Morgan fingerprint density at radius 1 is 1.43 bits per heavy atom. The van der Waals surface area contributed by atoms with Gasteiger partial charge in [-0.1, -0.05) is 6.07 Å². The molecule has 0 saturated heterocycles. The van der Waals surface area contributed by atoms with Crippen LogP contribution in [0.1, 0.15) is 24.8 Å². The lowest BCUT2D eigenvalue weighted by atomic mass is 9.89. The standard InChI is InChI=1S/C17H27N3O3/c1-19(11-13-6-5-9-18-10-13)12-16(21)20(2)14-7-4-8-15(23-3)17(14)22/h5-6,9-10,14-15,17,22H,4,7-8,11-12H2,1-3H3/t14-,15-,17-/m1/s1. The molecule has 1 amide bonds. The highest BCUT2D eigenvalue weighted by molar-refractivity contribution is 5.78. The lowest BCUT2D eigenvalue weighted by molar-refractivity contribution is -0.141. The molecule has 3 atom stereocenters. The fraction of sp³-hybridized carbons (Fsp3) is 0.647. The molecule has 0 radical (unpaired) electrons. The quantitative estimate of drug-likeness (QED) is 0.843. The number of ether oxygens (including phenoxy) is 1. The van der Waals surface area contributed by atoms with Crippen molar-refractivity contribution in [1.29, 1.82) is 0 Å². The second-order valence-corrected chi connectivity index (χ2v) is 6.30. The number of aromatic nitrogens is 1. The van der Waals surface area contributed by atoms with Gasteiger partial charge >= 0.3 is 0 Å². The van der Waals surface area contributed by atoms with Crippen LogP contribution in [0.25, 0.3) is 0 Å². The summed E-state index contributed by atoms with van der Waals surface area (Å²) in [6, 6.07) is 3.71. The third-order valence-electron chi connectivity index (χ3n) is 4.54. The molecule has 6 heteroatoms. The molecule has 0 bridgehead atoms. The van der Waals surface area contributed by atoms with Gasteiger partial charge < -0.3 is 14.7 Å². The molecule has 1 aliphatic rings. The number of likely N-dealkylation sites (N-methyl/N-ethyl adjacent to an activating group) is 2. The first-order valence-electron chi connectivity index (χ1n) is 8.07. The van der Waals surface area contributed by atoms with E-state index < -0.39 is 6.10 Å². The summed E-state index contributed by atoms with van der Waals surface area (Å²) >= 11 is 0. The Labute approximate surface area is 138 Å². The molecule has 1 fully saturated rings. The van der Waals surface area contributed by atoms with Gasteiger partial charge in [-0.15, -0.1) is 0 Å². The molecule has 2 rings (SSSR count). The lowest BCUT2D eigenvalue weighted by Crippen LogP contribution is -2.53. The zero-order valence-electron chi connectivity index (χ0n) is 14.2. The van der Waals surface area contributed by atoms with Gasteiger partial charge in [0, 0.05) is 33.1 Å². The SMILES string of the molecule is CO[C@@H]1CCC[C@@H](N(C)C(=O)CN(C)Cc2cccnc2)[C@H]1O. The molecule has 1 N–H and O–H groups in total. The van der Waals surface area contributed by atoms with Crippen molar-refractivity contribution < 1.29 is 14.6 Å². The molecule has 0 aliphatic heterocycles. The van der Waals surface area contributed by atoms with E-state index in [4.69, 9.17) is 4.74 Å². The Hall–Kier alpha value is -1.50. The Bertz CT molecular complexity index is 497. The molecule has 1 aromatic heterocycles. The van der Waals surface area contributed by atoms with Gasteiger partial charge in [0.2, 0.25) is 5.91 Å². The van der Waals surface area contributed by atoms with Crippen LogP contribution < -0.4 is 0 Å². The average molecular weight is 321 g/mol. The fourth-order valence-corrected chi connectivity index (χ4v) is 3.18. The van der Waals surface area contributed by atoms with Gasteiger partial charge in [-0.25, -0.2) is 0 Å². The predicted molar refractivity (Wildman–Crippen MR) is 87.8 cm³/mol. The number of pyridine rings is 1. The molecular weight excluding hydrogens is 294 g/mol. The van der Waals surface area contributed by atoms with E-state index in [0.717, 1.165) is 24.8 Å². The summed E-state index contributed by atoms with van der Waals surface area (Å²) < 4.78 is 5.32. The maximum Gasteiger partial charge on any atom is 0.236 e. The second-order valence-electron chi connectivity index (χ2n) is 6.30. The van der Waals surface area contributed by atoms with Gasteiger partial charge in [-0.3, -0.25) is 14.7 Å². The number of nitrogens with zero attached hydrogens (tertiary/aromatic N) is 3. The number of amides is 1. The van der Waals surface area contributed by atoms with Gasteiger partial charge in [0.25, 0.3) is 0 Å². The molecule has 23 heavy (non-hydrogen) atoms. The minimum absolute atomic E-state index is 0.0113. The van der Waals surface area contributed by atoms with Crippen LogP contribution in [0.15, 0.2) is 24.5 Å². The van der Waals surface area contributed by atoms with Crippen molar-refractivity contribution in [2.24, 2.45) is 0 Å². The largest absolute Gasteiger partial charge is 0.388 e. The maximum absolute atomic E-state index is 12.5. The molecule has 1 aromatic rings. The number of carbonyl (C=O) groups is 1. The van der Waals surface area contributed by atoms with Crippen molar-refractivity contribution in [3.63, 3.8) is 0 Å². The molecule has 128 valence electrons. The zero-order valence-corrected chi connectivity index (χ0v) is 14.2. The Kier molecular flexibility index (Phi) is 6.50. The van der Waals surface area contributed by atoms with Gasteiger partial charge in [-0.05, 0) is 37.9 Å². The topological polar surface area (TPSA) is 65.9 Å². The highest BCUT2D eigenvalue weighted by Crippen LogP contribution is 2.25. The van der Waals surface area contributed by atoms with E-state index in [9.17, 15) is 9.90 Å². The monoisotopic (exact) mass is 321 g/mol. The number of carbonyl (C=O) groups excluding carboxylic acids is 1. The Morgan fingerprint density at radius 3 is 2.87 bits per heavy atom. The summed E-state index contributed by atoms with van der Waals surface area (Å²) in [7, 11) is 5.29. The fourth-order valence-electron chi connectivity index (χ4n) is 3.18. The van der Waals surface area contributed by atoms with Crippen molar-refractivity contribution in [1.82, 2.24) is 14.8 Å². The first-order valence-corrected chi connectivity index (χ1v) is 8.07. The van der Waals surface area contributed by atoms with Crippen LogP contribution >= 0.6 is 0 Å². The van der Waals surface area contributed by atoms with E-state index in [1.165, 1.54) is 0 Å². The van der Waals surface area contributed by atoms with Crippen LogP contribution in [0.3, 0.4) is 0 Å². The zero-order chi connectivity index (χ0) is 16.8. The molecule has 0 aromatic carbocycles. The van der Waals surface area contributed by atoms with Crippen molar-refractivity contribution in [3.8, 4) is 0 Å². The molecule has 6 nitrogen and oxygen atoms in total. The third-order valence-corrected chi connectivity index (χ3v) is 4.54. The number of rotatable bonds is 6. The summed E-state index contributed by atoms with van der Waals surface area (Å²) in [5.41, 5.74) is 1.07. The molecule has 0 unspecified atom stereocenters. The van der Waals surface area contributed by atoms with Crippen LogP contribution in [0.5, 0.6) is 0 Å². The van der Waals surface area contributed by atoms with Crippen LogP contribution in [-0.4, -0.2) is 71.8 Å². The Morgan fingerprint density at radius 2 is 2.22 bits per heavy atom. The summed E-state index contributed by atoms with van der Waals surface area (Å²) in [5.74, 6) is 0.0113. The molecule has 1 saturated carbocycles. The lowest BCUT2D eigenvalue weighted by Gasteiger charge is -2.39. The number of hydrogen-bond acceptors (Lipinski definition) is 5. The second kappa shape index (κ2) is 8.38. The maximum atomic E-state index is 12.5. The third kappa shape index (κ3) is 4.73. The summed E-state index contributed by atoms with van der Waals surface area (Å²) in [6.07, 6.45) is 5.36. The molecular formula is C17H27N3O3.